The number of nitrogens with one attached hydrogen (secondary N) is 1. The van der Waals surface area contributed by atoms with Crippen LogP contribution in [0.1, 0.15) is 51.8 Å². The Labute approximate surface area is 156 Å². The van der Waals surface area contributed by atoms with E-state index in [0.717, 1.165) is 11.3 Å². The topological polar surface area (TPSA) is 47.6 Å². The summed E-state index contributed by atoms with van der Waals surface area (Å²) in [6.07, 6.45) is -0.584. The van der Waals surface area contributed by atoms with Crippen molar-refractivity contribution in [3.05, 3.63) is 59.7 Å². The maximum absolute atomic E-state index is 12.4. The first-order valence-electron chi connectivity index (χ1n) is 8.92. The molecule has 1 amide bonds. The highest BCUT2D eigenvalue weighted by Gasteiger charge is 2.19. The van der Waals surface area contributed by atoms with Crippen molar-refractivity contribution >= 4 is 5.91 Å². The molecule has 0 saturated heterocycles. The summed E-state index contributed by atoms with van der Waals surface area (Å²) in [5.41, 5.74) is 2.46. The van der Waals surface area contributed by atoms with Gasteiger partial charge in [-0.3, -0.25) is 4.79 Å². The molecule has 0 bridgehead atoms. The lowest BCUT2D eigenvalue weighted by Gasteiger charge is -2.22. The molecule has 0 saturated carbocycles. The quantitative estimate of drug-likeness (QED) is 0.821. The average molecular weight is 355 g/mol. The van der Waals surface area contributed by atoms with Gasteiger partial charge < -0.3 is 14.8 Å². The van der Waals surface area contributed by atoms with Crippen LogP contribution in [0.15, 0.2) is 48.5 Å². The molecule has 2 aromatic rings. The van der Waals surface area contributed by atoms with Crippen LogP contribution in [0.3, 0.4) is 0 Å². The zero-order chi connectivity index (χ0) is 19.3. The standard InChI is InChI=1S/C22H29NO3/c1-15(17-7-9-18(10-8-17)22(3,4)5)23-21(24)16(2)26-20-13-11-19(25-6)12-14-20/h7-16H,1-6H3,(H,23,24)/t15-,16-/m1/s1. The van der Waals surface area contributed by atoms with Crippen LogP contribution in [0.4, 0.5) is 0 Å². The van der Waals surface area contributed by atoms with Crippen LogP contribution in [-0.2, 0) is 10.2 Å². The first-order valence-corrected chi connectivity index (χ1v) is 8.92. The van der Waals surface area contributed by atoms with Gasteiger partial charge in [0.15, 0.2) is 6.10 Å². The second-order valence-corrected chi connectivity index (χ2v) is 7.54. The summed E-state index contributed by atoms with van der Waals surface area (Å²) in [5.74, 6) is 1.24. The normalized spacial score (nSPS) is 13.6. The summed E-state index contributed by atoms with van der Waals surface area (Å²) in [6.45, 7) is 10.3. The summed E-state index contributed by atoms with van der Waals surface area (Å²) >= 11 is 0. The van der Waals surface area contributed by atoms with E-state index in [9.17, 15) is 4.79 Å². The average Bonchev–Trinajstić information content (AvgIpc) is 2.61. The van der Waals surface area contributed by atoms with E-state index < -0.39 is 6.10 Å². The Bertz CT molecular complexity index is 715. The Hall–Kier alpha value is -2.49. The van der Waals surface area contributed by atoms with Crippen molar-refractivity contribution in [3.63, 3.8) is 0 Å². The largest absolute Gasteiger partial charge is 0.497 e. The van der Waals surface area contributed by atoms with Crippen molar-refractivity contribution in [3.8, 4) is 11.5 Å². The number of benzene rings is 2. The molecule has 2 rings (SSSR count). The summed E-state index contributed by atoms with van der Waals surface area (Å²) in [7, 11) is 1.61. The first-order chi connectivity index (χ1) is 12.2. The molecule has 0 aliphatic carbocycles. The lowest BCUT2D eigenvalue weighted by atomic mass is 9.86. The predicted octanol–water partition coefficient (Wildman–Crippen LogP) is 4.64. The van der Waals surface area contributed by atoms with Crippen molar-refractivity contribution < 1.29 is 14.3 Å². The van der Waals surface area contributed by atoms with Crippen LogP contribution < -0.4 is 14.8 Å². The molecule has 0 aliphatic rings. The number of hydrogen-bond donors (Lipinski definition) is 1. The van der Waals surface area contributed by atoms with E-state index >= 15 is 0 Å². The molecule has 2 aromatic carbocycles. The lowest BCUT2D eigenvalue weighted by Crippen LogP contribution is -2.37. The van der Waals surface area contributed by atoms with E-state index in [-0.39, 0.29) is 17.4 Å². The number of amides is 1. The summed E-state index contributed by atoms with van der Waals surface area (Å²) in [5, 5.41) is 3.01. The molecular formula is C22H29NO3. The molecule has 2 atom stereocenters. The number of carbonyl (C=O) groups is 1. The van der Waals surface area contributed by atoms with Gasteiger partial charge in [0.25, 0.3) is 5.91 Å². The Balaban J connectivity index is 1.94. The van der Waals surface area contributed by atoms with Crippen LogP contribution >= 0.6 is 0 Å². The second-order valence-electron chi connectivity index (χ2n) is 7.54. The molecule has 0 spiro atoms. The van der Waals surface area contributed by atoms with Gasteiger partial charge in [0.1, 0.15) is 11.5 Å². The van der Waals surface area contributed by atoms with Gasteiger partial charge in [-0.05, 0) is 54.7 Å². The molecule has 0 unspecified atom stereocenters. The van der Waals surface area contributed by atoms with Gasteiger partial charge in [0.2, 0.25) is 0 Å². The van der Waals surface area contributed by atoms with Gasteiger partial charge in [0.05, 0.1) is 13.2 Å². The number of hydrogen-bond acceptors (Lipinski definition) is 3. The van der Waals surface area contributed by atoms with Crippen LogP contribution in [0.25, 0.3) is 0 Å². The number of ether oxygens (including phenoxy) is 2. The molecule has 0 radical (unpaired) electrons. The third-order valence-corrected chi connectivity index (χ3v) is 4.38. The van der Waals surface area contributed by atoms with E-state index in [2.05, 4.69) is 50.4 Å². The molecule has 1 N–H and O–H groups in total. The Morgan fingerprint density at radius 1 is 0.923 bits per heavy atom. The highest BCUT2D eigenvalue weighted by atomic mass is 16.5. The smallest absolute Gasteiger partial charge is 0.261 e. The van der Waals surface area contributed by atoms with Gasteiger partial charge in [0, 0.05) is 0 Å². The third kappa shape index (κ3) is 5.25. The summed E-state index contributed by atoms with van der Waals surface area (Å²) < 4.78 is 10.8. The van der Waals surface area contributed by atoms with Crippen LogP contribution in [-0.4, -0.2) is 19.1 Å². The van der Waals surface area contributed by atoms with Crippen molar-refractivity contribution in [2.24, 2.45) is 0 Å². The molecule has 0 aliphatic heterocycles. The lowest BCUT2D eigenvalue weighted by molar-refractivity contribution is -0.127. The molecule has 0 fully saturated rings. The van der Waals surface area contributed by atoms with Crippen LogP contribution in [0, 0.1) is 0 Å². The molecule has 26 heavy (non-hydrogen) atoms. The SMILES string of the molecule is COc1ccc(O[C@H](C)C(=O)N[C@H](C)c2ccc(C(C)(C)C)cc2)cc1. The van der Waals surface area contributed by atoms with Gasteiger partial charge >= 0.3 is 0 Å². The zero-order valence-electron chi connectivity index (χ0n) is 16.5. The highest BCUT2D eigenvalue weighted by molar-refractivity contribution is 5.81. The Morgan fingerprint density at radius 3 is 1.96 bits per heavy atom. The fourth-order valence-corrected chi connectivity index (χ4v) is 2.60. The predicted molar refractivity (Wildman–Crippen MR) is 105 cm³/mol. The number of carbonyl (C=O) groups excluding carboxylic acids is 1. The van der Waals surface area contributed by atoms with E-state index in [1.807, 2.05) is 6.92 Å². The molecule has 0 aromatic heterocycles. The fraction of sp³-hybridized carbons (Fsp3) is 0.409. The van der Waals surface area contributed by atoms with Gasteiger partial charge in [-0.25, -0.2) is 0 Å². The maximum atomic E-state index is 12.4. The highest BCUT2D eigenvalue weighted by Crippen LogP contribution is 2.24. The number of methoxy groups -OCH3 is 1. The van der Waals surface area contributed by atoms with E-state index in [1.165, 1.54) is 5.56 Å². The molecular weight excluding hydrogens is 326 g/mol. The van der Waals surface area contributed by atoms with Crippen molar-refractivity contribution in [2.75, 3.05) is 7.11 Å². The molecule has 4 nitrogen and oxygen atoms in total. The second kappa shape index (κ2) is 8.26. The van der Waals surface area contributed by atoms with E-state index in [0.29, 0.717) is 5.75 Å². The molecule has 0 heterocycles. The van der Waals surface area contributed by atoms with Crippen LogP contribution in [0.2, 0.25) is 0 Å². The maximum Gasteiger partial charge on any atom is 0.261 e. The first kappa shape index (κ1) is 19.8. The monoisotopic (exact) mass is 355 g/mol. The van der Waals surface area contributed by atoms with E-state index in [1.54, 1.807) is 38.3 Å². The van der Waals surface area contributed by atoms with Crippen LogP contribution in [0.5, 0.6) is 11.5 Å². The summed E-state index contributed by atoms with van der Waals surface area (Å²) in [4.78, 5) is 12.4. The minimum atomic E-state index is -0.584. The fourth-order valence-electron chi connectivity index (χ4n) is 2.60. The van der Waals surface area contributed by atoms with Crippen molar-refractivity contribution in [2.45, 2.75) is 52.2 Å². The third-order valence-electron chi connectivity index (χ3n) is 4.38. The van der Waals surface area contributed by atoms with Gasteiger partial charge in [-0.1, -0.05) is 45.0 Å². The number of rotatable bonds is 6. The van der Waals surface area contributed by atoms with Crippen molar-refractivity contribution in [1.82, 2.24) is 5.32 Å². The summed E-state index contributed by atoms with van der Waals surface area (Å²) in [6, 6.07) is 15.5. The van der Waals surface area contributed by atoms with Gasteiger partial charge in [-0.2, -0.15) is 0 Å². The van der Waals surface area contributed by atoms with Crippen molar-refractivity contribution in [1.29, 1.82) is 0 Å². The molecule has 4 heteroatoms. The Morgan fingerprint density at radius 2 is 1.46 bits per heavy atom. The Kier molecular flexibility index (Phi) is 6.30. The molecule has 140 valence electrons. The minimum absolute atomic E-state index is 0.0848. The van der Waals surface area contributed by atoms with E-state index in [4.69, 9.17) is 9.47 Å². The zero-order valence-corrected chi connectivity index (χ0v) is 16.5. The minimum Gasteiger partial charge on any atom is -0.497 e. The van der Waals surface area contributed by atoms with Gasteiger partial charge in [-0.15, -0.1) is 0 Å².